The molecule has 3 aromatic rings. The van der Waals surface area contributed by atoms with Gasteiger partial charge in [-0.05, 0) is 19.1 Å². The zero-order chi connectivity index (χ0) is 22.8. The van der Waals surface area contributed by atoms with Crippen LogP contribution < -0.4 is 5.32 Å². The Morgan fingerprint density at radius 3 is 2.65 bits per heavy atom. The Balaban J connectivity index is 2.04. The highest BCUT2D eigenvalue weighted by atomic mass is 35.5. The van der Waals surface area contributed by atoms with Crippen molar-refractivity contribution in [2.45, 2.75) is 11.8 Å². The van der Waals surface area contributed by atoms with Crippen LogP contribution in [-0.2, 0) is 14.6 Å². The number of anilines is 1. The summed E-state index contributed by atoms with van der Waals surface area (Å²) in [7, 11) is -3.71. The zero-order valence-corrected chi connectivity index (χ0v) is 17.7. The van der Waals surface area contributed by atoms with E-state index in [1.54, 1.807) is 24.3 Å². The summed E-state index contributed by atoms with van der Waals surface area (Å²) in [4.78, 5) is 20.4. The number of rotatable bonds is 5. The van der Waals surface area contributed by atoms with E-state index in [0.29, 0.717) is 10.6 Å². The van der Waals surface area contributed by atoms with Crippen LogP contribution in [0.2, 0.25) is 5.02 Å². The van der Waals surface area contributed by atoms with Crippen LogP contribution in [0, 0.1) is 18.3 Å². The van der Waals surface area contributed by atoms with Gasteiger partial charge in [0.25, 0.3) is 5.91 Å². The maximum atomic E-state index is 12.6. The number of aromatic nitrogens is 3. The molecule has 0 atom stereocenters. The maximum Gasteiger partial charge on any atom is 0.272 e. The molecule has 0 saturated carbocycles. The molecule has 0 fully saturated rings. The van der Waals surface area contributed by atoms with Gasteiger partial charge in [-0.15, -0.1) is 0 Å². The summed E-state index contributed by atoms with van der Waals surface area (Å²) in [6, 6.07) is 7.92. The Morgan fingerprint density at radius 2 is 2.06 bits per heavy atom. The Bertz CT molecular complexity index is 1360. The molecule has 0 radical (unpaired) electrons. The lowest BCUT2D eigenvalue weighted by molar-refractivity contribution is -0.112. The normalized spacial score (nSPS) is 12.1. The van der Waals surface area contributed by atoms with Crippen molar-refractivity contribution in [2.24, 2.45) is 0 Å². The number of aliphatic hydroxyl groups is 1. The summed E-state index contributed by atoms with van der Waals surface area (Å²) in [6.07, 6.45) is 3.19. The van der Waals surface area contributed by atoms with Gasteiger partial charge in [0.2, 0.25) is 5.95 Å². The minimum absolute atomic E-state index is 0.0110. The molecule has 0 unspecified atom stereocenters. The van der Waals surface area contributed by atoms with Crippen LogP contribution in [-0.4, -0.2) is 40.8 Å². The Morgan fingerprint density at radius 1 is 1.32 bits per heavy atom. The van der Waals surface area contributed by atoms with Crippen molar-refractivity contribution in [1.82, 2.24) is 15.1 Å². The molecule has 3 rings (SSSR count). The van der Waals surface area contributed by atoms with E-state index in [-0.39, 0.29) is 27.9 Å². The molecule has 2 aromatic heterocycles. The van der Waals surface area contributed by atoms with Crippen molar-refractivity contribution >= 4 is 39.1 Å². The molecule has 2 N–H and O–H groups in total. The van der Waals surface area contributed by atoms with Crippen molar-refractivity contribution in [3.63, 3.8) is 0 Å². The van der Waals surface area contributed by atoms with Crippen molar-refractivity contribution in [1.29, 1.82) is 5.26 Å². The first-order valence-electron chi connectivity index (χ1n) is 8.51. The molecule has 10 nitrogen and oxygen atoms in total. The van der Waals surface area contributed by atoms with Gasteiger partial charge in [-0.3, -0.25) is 10.1 Å². The Hall–Kier alpha value is -3.75. The van der Waals surface area contributed by atoms with Gasteiger partial charge >= 0.3 is 0 Å². The number of hydrogen-bond donors (Lipinski definition) is 2. The minimum atomic E-state index is -3.71. The van der Waals surface area contributed by atoms with Gasteiger partial charge in [0, 0.05) is 16.8 Å². The molecular weight excluding hydrogens is 446 g/mol. The number of halogens is 1. The Kier molecular flexibility index (Phi) is 6.05. The number of hydrogen-bond acceptors (Lipinski definition) is 9. The molecule has 0 aliphatic carbocycles. The summed E-state index contributed by atoms with van der Waals surface area (Å²) in [5.41, 5.74) is -0.173. The van der Waals surface area contributed by atoms with Crippen LogP contribution in [0.4, 0.5) is 5.95 Å². The van der Waals surface area contributed by atoms with Gasteiger partial charge in [0.1, 0.15) is 16.7 Å². The van der Waals surface area contributed by atoms with Crippen LogP contribution in [0.5, 0.6) is 0 Å². The number of aliphatic hydroxyl groups excluding tert-OH is 1. The number of nitrogens with zero attached hydrogens (tertiary/aromatic N) is 4. The highest BCUT2D eigenvalue weighted by Gasteiger charge is 2.23. The lowest BCUT2D eigenvalue weighted by atomic mass is 10.1. The first-order chi connectivity index (χ1) is 14.6. The van der Waals surface area contributed by atoms with Crippen molar-refractivity contribution < 1.29 is 22.8 Å². The molecule has 0 saturated heterocycles. The fourth-order valence-electron chi connectivity index (χ4n) is 2.58. The van der Waals surface area contributed by atoms with Gasteiger partial charge in [-0.1, -0.05) is 28.9 Å². The molecule has 158 valence electrons. The number of sulfone groups is 1. The van der Waals surface area contributed by atoms with Crippen LogP contribution >= 0.6 is 11.6 Å². The molecule has 0 spiro atoms. The smallest absolute Gasteiger partial charge is 0.272 e. The van der Waals surface area contributed by atoms with Crippen LogP contribution in [0.1, 0.15) is 11.3 Å². The maximum absolute atomic E-state index is 12.6. The molecular formula is C19H14ClN5O5S. The SMILES string of the molecule is Cc1oncc1C(O)=C(C#N)C(=O)Nc1ncc(S(C)(=O)=O)c(-c2cccc(Cl)c2)n1. The fraction of sp³-hybridized carbons (Fsp3) is 0.105. The quantitative estimate of drug-likeness (QED) is 0.332. The van der Waals surface area contributed by atoms with E-state index in [9.17, 15) is 23.6 Å². The first kappa shape index (κ1) is 21.9. The molecule has 0 aliphatic heterocycles. The topological polar surface area (TPSA) is 159 Å². The number of amides is 1. The second kappa shape index (κ2) is 8.55. The van der Waals surface area contributed by atoms with Gasteiger partial charge in [-0.2, -0.15) is 5.26 Å². The standard InChI is InChI=1S/C19H14ClN5O5S/c1-10-14(8-23-30-10)17(26)13(7-21)18(27)25-19-22-9-15(31(2,28)29)16(24-19)11-4-3-5-12(20)6-11/h3-6,8-9,26H,1-2H3,(H,22,24,25,27). The average molecular weight is 460 g/mol. The molecule has 0 aliphatic rings. The number of nitriles is 1. The summed E-state index contributed by atoms with van der Waals surface area (Å²) in [6.45, 7) is 1.50. The van der Waals surface area contributed by atoms with Crippen molar-refractivity contribution in [3.05, 3.63) is 58.6 Å². The molecule has 1 aromatic carbocycles. The third-order valence-corrected chi connectivity index (χ3v) is 5.39. The number of carbonyl (C=O) groups is 1. The average Bonchev–Trinajstić information content (AvgIpc) is 3.13. The van der Waals surface area contributed by atoms with Gasteiger partial charge in [0.15, 0.2) is 21.2 Å². The number of nitrogens with one attached hydrogen (secondary N) is 1. The fourth-order valence-corrected chi connectivity index (χ4v) is 3.53. The van der Waals surface area contributed by atoms with Crippen molar-refractivity contribution in [2.75, 3.05) is 11.6 Å². The van der Waals surface area contributed by atoms with E-state index in [0.717, 1.165) is 18.6 Å². The lowest BCUT2D eigenvalue weighted by Gasteiger charge is -2.10. The van der Waals surface area contributed by atoms with E-state index in [1.807, 2.05) is 0 Å². The molecule has 2 heterocycles. The predicted molar refractivity (Wildman–Crippen MR) is 111 cm³/mol. The van der Waals surface area contributed by atoms with E-state index >= 15 is 0 Å². The van der Waals surface area contributed by atoms with Gasteiger partial charge in [-0.25, -0.2) is 18.4 Å². The van der Waals surface area contributed by atoms with Crippen LogP contribution in [0.25, 0.3) is 17.0 Å². The third-order valence-electron chi connectivity index (χ3n) is 4.06. The second-order valence-electron chi connectivity index (χ2n) is 6.27. The molecule has 1 amide bonds. The summed E-state index contributed by atoms with van der Waals surface area (Å²) in [5.74, 6) is -1.73. The zero-order valence-electron chi connectivity index (χ0n) is 16.1. The highest BCUT2D eigenvalue weighted by molar-refractivity contribution is 7.90. The summed E-state index contributed by atoms with van der Waals surface area (Å²) < 4.78 is 29.1. The monoisotopic (exact) mass is 459 g/mol. The van der Waals surface area contributed by atoms with Gasteiger partial charge in [0.05, 0.1) is 23.7 Å². The third kappa shape index (κ3) is 4.71. The van der Waals surface area contributed by atoms with Gasteiger partial charge < -0.3 is 9.63 Å². The molecule has 0 bridgehead atoms. The van der Waals surface area contributed by atoms with Crippen LogP contribution in [0.3, 0.4) is 0 Å². The van der Waals surface area contributed by atoms with E-state index in [4.69, 9.17) is 16.1 Å². The van der Waals surface area contributed by atoms with E-state index in [1.165, 1.54) is 13.0 Å². The van der Waals surface area contributed by atoms with Crippen molar-refractivity contribution in [3.8, 4) is 17.3 Å². The van der Waals surface area contributed by atoms with Crippen LogP contribution in [0.15, 0.2) is 51.7 Å². The second-order valence-corrected chi connectivity index (χ2v) is 8.69. The van der Waals surface area contributed by atoms with E-state index < -0.39 is 27.1 Å². The highest BCUT2D eigenvalue weighted by Crippen LogP contribution is 2.28. The lowest BCUT2D eigenvalue weighted by Crippen LogP contribution is -2.18. The minimum Gasteiger partial charge on any atom is -0.506 e. The first-order valence-corrected chi connectivity index (χ1v) is 10.8. The Labute approximate surface area is 181 Å². The number of carbonyl (C=O) groups excluding carboxylic acids is 1. The number of benzene rings is 1. The summed E-state index contributed by atoms with van der Waals surface area (Å²) in [5, 5.41) is 25.7. The predicted octanol–water partition coefficient (Wildman–Crippen LogP) is 2.93. The molecule has 12 heteroatoms. The van der Waals surface area contributed by atoms with E-state index in [2.05, 4.69) is 20.4 Å². The molecule has 31 heavy (non-hydrogen) atoms. The number of aryl methyl sites for hydroxylation is 1. The largest absolute Gasteiger partial charge is 0.506 e. The summed E-state index contributed by atoms with van der Waals surface area (Å²) >= 11 is 6.00.